The van der Waals surface area contributed by atoms with Crippen LogP contribution in [0.5, 0.6) is 0 Å². The summed E-state index contributed by atoms with van der Waals surface area (Å²) in [6, 6.07) is 10.4. The lowest BCUT2D eigenvalue weighted by Crippen LogP contribution is -2.05. The Balaban J connectivity index is 1.26. The van der Waals surface area contributed by atoms with Gasteiger partial charge in [-0.2, -0.15) is 0 Å². The zero-order chi connectivity index (χ0) is 21.5. The summed E-state index contributed by atoms with van der Waals surface area (Å²) < 4.78 is 4.95. The van der Waals surface area contributed by atoms with Gasteiger partial charge in [-0.3, -0.25) is 9.78 Å². The van der Waals surface area contributed by atoms with Gasteiger partial charge in [0, 0.05) is 35.9 Å². The first-order valence-electron chi connectivity index (χ1n) is 10.4. The normalized spacial score (nSPS) is 11.8. The molecule has 0 unspecified atom stereocenters. The van der Waals surface area contributed by atoms with E-state index in [0.717, 1.165) is 52.1 Å². The Hall–Kier alpha value is -3.13. The van der Waals surface area contributed by atoms with E-state index in [1.54, 1.807) is 24.2 Å². The summed E-state index contributed by atoms with van der Waals surface area (Å²) in [5.41, 5.74) is 4.23. The van der Waals surface area contributed by atoms with E-state index in [-0.39, 0.29) is 5.97 Å². The van der Waals surface area contributed by atoms with E-state index < -0.39 is 0 Å². The number of ether oxygens (including phenoxy) is 1. The molecule has 31 heavy (non-hydrogen) atoms. The molecule has 1 aromatic carbocycles. The molecule has 0 saturated carbocycles. The molecule has 0 saturated heterocycles. The van der Waals surface area contributed by atoms with Gasteiger partial charge in [0.05, 0.1) is 24.2 Å². The minimum atomic E-state index is -0.122. The smallest absolute Gasteiger partial charge is 0.305 e. The van der Waals surface area contributed by atoms with E-state index in [4.69, 9.17) is 4.74 Å². The summed E-state index contributed by atoms with van der Waals surface area (Å²) in [5, 5.41) is 7.68. The van der Waals surface area contributed by atoms with E-state index in [1.807, 2.05) is 25.3 Å². The molecule has 0 fully saturated rings. The molecule has 0 amide bonds. The van der Waals surface area contributed by atoms with Crippen molar-refractivity contribution in [2.24, 2.45) is 0 Å². The van der Waals surface area contributed by atoms with Crippen LogP contribution in [0.1, 0.15) is 37.4 Å². The molecule has 0 radical (unpaired) electrons. The first-order chi connectivity index (χ1) is 15.2. The monoisotopic (exact) mass is 435 g/mol. The molecule has 7 nitrogen and oxygen atoms in total. The van der Waals surface area contributed by atoms with Gasteiger partial charge in [0.2, 0.25) is 0 Å². The van der Waals surface area contributed by atoms with E-state index in [2.05, 4.69) is 43.8 Å². The molecule has 4 rings (SSSR count). The maximum absolute atomic E-state index is 11.4. The second-order valence-electron chi connectivity index (χ2n) is 7.17. The molecular weight excluding hydrogens is 410 g/mol. The summed E-state index contributed by atoms with van der Waals surface area (Å²) in [6.45, 7) is 2.97. The molecule has 1 aliphatic heterocycles. The second-order valence-corrected chi connectivity index (χ2v) is 8.20. The molecule has 2 aromatic heterocycles. The number of pyridine rings is 1. The Labute approximate surface area is 186 Å². The third kappa shape index (κ3) is 5.73. The number of anilines is 3. The van der Waals surface area contributed by atoms with Gasteiger partial charge in [0.15, 0.2) is 5.82 Å². The van der Waals surface area contributed by atoms with Gasteiger partial charge in [0.25, 0.3) is 0 Å². The van der Waals surface area contributed by atoms with Gasteiger partial charge < -0.3 is 15.4 Å². The fourth-order valence-corrected chi connectivity index (χ4v) is 4.16. The standard InChI is InChI=1S/C23H25N5O2S/c1-2-30-21(29)6-4-3-5-17-8-9-18(15-27-17)26-14-16-7-10-20-19(13-16)28-22-23(31-20)25-12-11-24-22/h7-13,15,26H,2-6,14H2,1H3,(H,24,28). The fourth-order valence-electron chi connectivity index (χ4n) is 3.28. The van der Waals surface area contributed by atoms with Gasteiger partial charge in [-0.25, -0.2) is 9.97 Å². The lowest BCUT2D eigenvalue weighted by molar-refractivity contribution is -0.143. The first-order valence-corrected chi connectivity index (χ1v) is 11.3. The number of hydrogen-bond acceptors (Lipinski definition) is 8. The fraction of sp³-hybridized carbons (Fsp3) is 0.304. The number of nitrogens with zero attached hydrogens (tertiary/aromatic N) is 3. The third-order valence-electron chi connectivity index (χ3n) is 4.86. The van der Waals surface area contributed by atoms with Crippen molar-refractivity contribution >= 4 is 34.9 Å². The Morgan fingerprint density at radius 1 is 1.13 bits per heavy atom. The van der Waals surface area contributed by atoms with Crippen LogP contribution in [-0.4, -0.2) is 27.5 Å². The number of unbranched alkanes of at least 4 members (excludes halogenated alkanes) is 1. The summed E-state index contributed by atoms with van der Waals surface area (Å²) in [7, 11) is 0. The quantitative estimate of drug-likeness (QED) is 0.281. The molecule has 3 heterocycles. The average Bonchev–Trinajstić information content (AvgIpc) is 2.80. The molecule has 1 aliphatic rings. The molecule has 0 bridgehead atoms. The van der Waals surface area contributed by atoms with Crippen LogP contribution in [0.3, 0.4) is 0 Å². The predicted octanol–water partition coefficient (Wildman–Crippen LogP) is 4.97. The summed E-state index contributed by atoms with van der Waals surface area (Å²) in [4.78, 5) is 25.8. The molecule has 160 valence electrons. The number of hydrogen-bond donors (Lipinski definition) is 2. The lowest BCUT2D eigenvalue weighted by Gasteiger charge is -2.19. The zero-order valence-electron chi connectivity index (χ0n) is 17.4. The topological polar surface area (TPSA) is 89.0 Å². The van der Waals surface area contributed by atoms with Crippen LogP contribution in [-0.2, 0) is 22.5 Å². The number of esters is 1. The highest BCUT2D eigenvalue weighted by atomic mass is 32.2. The highest BCUT2D eigenvalue weighted by Crippen LogP contribution is 2.42. The van der Waals surface area contributed by atoms with Crippen LogP contribution in [0.15, 0.2) is 58.8 Å². The Kier molecular flexibility index (Phi) is 6.99. The molecule has 8 heteroatoms. The zero-order valence-corrected chi connectivity index (χ0v) is 18.2. The predicted molar refractivity (Wildman–Crippen MR) is 122 cm³/mol. The van der Waals surface area contributed by atoms with Crippen LogP contribution in [0.25, 0.3) is 0 Å². The van der Waals surface area contributed by atoms with Crippen LogP contribution in [0, 0.1) is 0 Å². The van der Waals surface area contributed by atoms with Crippen molar-refractivity contribution in [1.82, 2.24) is 15.0 Å². The number of aryl methyl sites for hydroxylation is 1. The third-order valence-corrected chi connectivity index (χ3v) is 5.93. The van der Waals surface area contributed by atoms with Crippen LogP contribution in [0.2, 0.25) is 0 Å². The second kappa shape index (κ2) is 10.3. The van der Waals surface area contributed by atoms with Crippen molar-refractivity contribution in [2.45, 2.75) is 49.1 Å². The van der Waals surface area contributed by atoms with Gasteiger partial charge >= 0.3 is 5.97 Å². The number of carbonyl (C=O) groups is 1. The van der Waals surface area contributed by atoms with Crippen molar-refractivity contribution in [3.8, 4) is 0 Å². The van der Waals surface area contributed by atoms with Crippen LogP contribution >= 0.6 is 11.8 Å². The summed E-state index contributed by atoms with van der Waals surface area (Å²) >= 11 is 1.63. The van der Waals surface area contributed by atoms with Crippen molar-refractivity contribution in [3.05, 3.63) is 60.2 Å². The van der Waals surface area contributed by atoms with Gasteiger partial charge in [-0.05, 0) is 56.0 Å². The Bertz CT molecular complexity index is 1040. The van der Waals surface area contributed by atoms with Crippen LogP contribution in [0.4, 0.5) is 17.2 Å². The highest BCUT2D eigenvalue weighted by molar-refractivity contribution is 7.99. The number of nitrogens with one attached hydrogen (secondary N) is 2. The van der Waals surface area contributed by atoms with Crippen molar-refractivity contribution in [1.29, 1.82) is 0 Å². The minimum absolute atomic E-state index is 0.122. The number of aromatic nitrogens is 3. The minimum Gasteiger partial charge on any atom is -0.466 e. The van der Waals surface area contributed by atoms with Crippen molar-refractivity contribution in [2.75, 3.05) is 17.2 Å². The van der Waals surface area contributed by atoms with E-state index in [1.165, 1.54) is 5.56 Å². The Morgan fingerprint density at radius 3 is 2.87 bits per heavy atom. The SMILES string of the molecule is CCOC(=O)CCCCc1ccc(NCc2ccc3c(c2)Nc2nccnc2S3)cn1. The molecule has 0 atom stereocenters. The molecule has 2 N–H and O–H groups in total. The van der Waals surface area contributed by atoms with Crippen molar-refractivity contribution in [3.63, 3.8) is 0 Å². The highest BCUT2D eigenvalue weighted by Gasteiger charge is 2.17. The largest absolute Gasteiger partial charge is 0.466 e. The molecule has 3 aromatic rings. The van der Waals surface area contributed by atoms with Crippen molar-refractivity contribution < 1.29 is 9.53 Å². The summed E-state index contributed by atoms with van der Waals surface area (Å²) in [5.74, 6) is 0.676. The summed E-state index contributed by atoms with van der Waals surface area (Å²) in [6.07, 6.45) is 8.34. The number of carbonyl (C=O) groups excluding carboxylic acids is 1. The molecule has 0 spiro atoms. The van der Waals surface area contributed by atoms with Gasteiger partial charge in [-0.15, -0.1) is 0 Å². The lowest BCUT2D eigenvalue weighted by atomic mass is 10.1. The van der Waals surface area contributed by atoms with Gasteiger partial charge in [-0.1, -0.05) is 17.8 Å². The maximum atomic E-state index is 11.4. The maximum Gasteiger partial charge on any atom is 0.305 e. The first kappa shape index (κ1) is 21.1. The van der Waals surface area contributed by atoms with E-state index >= 15 is 0 Å². The number of rotatable bonds is 9. The molecular formula is C23H25N5O2S. The van der Waals surface area contributed by atoms with Gasteiger partial charge in [0.1, 0.15) is 5.03 Å². The number of fused-ring (bicyclic) bond motifs is 2. The number of benzene rings is 1. The van der Waals surface area contributed by atoms with E-state index in [9.17, 15) is 4.79 Å². The Morgan fingerprint density at radius 2 is 2.03 bits per heavy atom. The van der Waals surface area contributed by atoms with E-state index in [0.29, 0.717) is 19.6 Å². The average molecular weight is 436 g/mol. The van der Waals surface area contributed by atoms with Crippen LogP contribution < -0.4 is 10.6 Å². The molecule has 0 aliphatic carbocycles.